The minimum Gasteiger partial charge on any atom is -0.392 e. The largest absolute Gasteiger partial charge is 0.392 e. The van der Waals surface area contributed by atoms with Crippen molar-refractivity contribution >= 4 is 17.6 Å². The van der Waals surface area contributed by atoms with Crippen LogP contribution in [-0.4, -0.2) is 94.7 Å². The molecule has 3 heterocycles. The lowest BCUT2D eigenvalue weighted by molar-refractivity contribution is -0.00211. The van der Waals surface area contributed by atoms with Crippen LogP contribution in [-0.2, 0) is 0 Å². The van der Waals surface area contributed by atoms with Crippen LogP contribution in [0.25, 0.3) is 0 Å². The van der Waals surface area contributed by atoms with E-state index in [1.807, 2.05) is 0 Å². The quantitative estimate of drug-likeness (QED) is 0.504. The summed E-state index contributed by atoms with van der Waals surface area (Å²) in [6, 6.07) is 1.22. The lowest BCUT2D eigenvalue weighted by Crippen LogP contribution is -2.47. The second-order valence-electron chi connectivity index (χ2n) is 10.3. The van der Waals surface area contributed by atoms with Crippen LogP contribution in [0.4, 0.5) is 0 Å². The van der Waals surface area contributed by atoms with Gasteiger partial charge in [-0.3, -0.25) is 15.2 Å². The number of thioether (sulfide) groups is 1. The van der Waals surface area contributed by atoms with E-state index in [2.05, 4.69) is 46.3 Å². The third-order valence-electron chi connectivity index (χ3n) is 8.09. The van der Waals surface area contributed by atoms with Crippen LogP contribution < -0.4 is 10.6 Å². The van der Waals surface area contributed by atoms with Crippen molar-refractivity contribution in [2.75, 3.05) is 33.9 Å². The molecule has 5 atom stereocenters. The van der Waals surface area contributed by atoms with Crippen molar-refractivity contribution in [1.29, 1.82) is 0 Å². The van der Waals surface area contributed by atoms with Crippen molar-refractivity contribution in [3.05, 3.63) is 11.1 Å². The number of hydrogen-bond acceptors (Lipinski definition) is 8. The first-order chi connectivity index (χ1) is 15.0. The van der Waals surface area contributed by atoms with Crippen LogP contribution in [0.5, 0.6) is 0 Å². The zero-order chi connectivity index (χ0) is 21.5. The van der Waals surface area contributed by atoms with Gasteiger partial charge in [0.25, 0.3) is 0 Å². The normalized spacial score (nSPS) is 39.6. The summed E-state index contributed by atoms with van der Waals surface area (Å²) >= 11 is 2.05. The number of β-amino-alcohol motifs (C(OH)–C–C–N with tert-alkyl or cyclic N) is 1. The van der Waals surface area contributed by atoms with Gasteiger partial charge in [0.05, 0.1) is 18.1 Å². The Bertz CT molecular complexity index is 721. The van der Waals surface area contributed by atoms with E-state index >= 15 is 0 Å². The summed E-state index contributed by atoms with van der Waals surface area (Å²) < 4.78 is 0. The molecule has 174 valence electrons. The van der Waals surface area contributed by atoms with Crippen LogP contribution in [0.2, 0.25) is 0 Å². The number of nitrogens with one attached hydrogen (secondary N) is 2. The standard InChI is InChI=1S/C23H39N5O2S/c1-27(2)16-6-4-15(5-7-16)26-22-21-20-14(11-19(30)28-10-9-17(29)12-28)3-8-18(20)31-23(21)25-13-24-22/h14-19,23,25,29-30H,3-13H2,1-2H3,(H,24,26). The molecule has 0 amide bonds. The average molecular weight is 450 g/mol. The number of aliphatic hydroxyl groups excluding tert-OH is 2. The molecule has 8 heteroatoms. The molecule has 2 aliphatic carbocycles. The minimum atomic E-state index is -0.454. The predicted octanol–water partition coefficient (Wildman–Crippen LogP) is 1.33. The molecule has 5 aliphatic rings. The van der Waals surface area contributed by atoms with Crippen LogP contribution in [0, 0.1) is 5.92 Å². The van der Waals surface area contributed by atoms with Gasteiger partial charge in [0, 0.05) is 36.0 Å². The molecule has 4 N–H and O–H groups in total. The third-order valence-corrected chi connectivity index (χ3v) is 9.58. The van der Waals surface area contributed by atoms with E-state index < -0.39 is 6.23 Å². The fourth-order valence-electron chi connectivity index (χ4n) is 6.29. The average Bonchev–Trinajstić information content (AvgIpc) is 3.45. The van der Waals surface area contributed by atoms with Crippen molar-refractivity contribution in [2.24, 2.45) is 10.9 Å². The van der Waals surface area contributed by atoms with Crippen molar-refractivity contribution in [2.45, 2.75) is 86.4 Å². The molecule has 0 bridgehead atoms. The molecule has 2 saturated carbocycles. The molecular weight excluding hydrogens is 410 g/mol. The van der Waals surface area contributed by atoms with Gasteiger partial charge >= 0.3 is 0 Å². The van der Waals surface area contributed by atoms with Crippen molar-refractivity contribution in [3.63, 3.8) is 0 Å². The zero-order valence-electron chi connectivity index (χ0n) is 19.0. The summed E-state index contributed by atoms with van der Waals surface area (Å²) in [6.45, 7) is 2.09. The van der Waals surface area contributed by atoms with E-state index in [1.54, 1.807) is 0 Å². The molecule has 3 aliphatic heterocycles. The van der Waals surface area contributed by atoms with Crippen LogP contribution >= 0.6 is 11.8 Å². The molecule has 0 spiro atoms. The Kier molecular flexibility index (Phi) is 6.66. The Morgan fingerprint density at radius 1 is 1.19 bits per heavy atom. The van der Waals surface area contributed by atoms with Crippen molar-refractivity contribution in [1.82, 2.24) is 20.4 Å². The summed E-state index contributed by atoms with van der Waals surface area (Å²) in [4.78, 5) is 9.31. The maximum Gasteiger partial charge on any atom is 0.128 e. The Hall–Kier alpha value is -0.640. The van der Waals surface area contributed by atoms with Crippen molar-refractivity contribution in [3.8, 4) is 0 Å². The molecule has 0 aromatic carbocycles. The lowest BCUT2D eigenvalue weighted by atomic mass is 9.89. The monoisotopic (exact) mass is 449 g/mol. The molecule has 1 saturated heterocycles. The third kappa shape index (κ3) is 4.57. The number of fused-ring (bicyclic) bond motifs is 2. The van der Waals surface area contributed by atoms with Gasteiger partial charge in [0.2, 0.25) is 0 Å². The SMILES string of the molecule is CN(C)C1CCC(NC2=NCNC3SC4CCC(CC(O)N5CCC(O)C5)C4=C23)CC1. The number of likely N-dealkylation sites (tertiary alicyclic amines) is 1. The number of nitrogens with zero attached hydrogens (tertiary/aromatic N) is 3. The fourth-order valence-corrected chi connectivity index (χ4v) is 7.91. The van der Waals surface area contributed by atoms with Gasteiger partial charge in [-0.1, -0.05) is 0 Å². The predicted molar refractivity (Wildman–Crippen MR) is 126 cm³/mol. The molecule has 3 fully saturated rings. The molecule has 5 rings (SSSR count). The van der Waals surface area contributed by atoms with E-state index in [1.165, 1.54) is 43.3 Å². The van der Waals surface area contributed by atoms with Gasteiger partial charge in [-0.15, -0.1) is 11.8 Å². The first kappa shape index (κ1) is 22.2. The summed E-state index contributed by atoms with van der Waals surface area (Å²) in [7, 11) is 4.39. The zero-order valence-corrected chi connectivity index (χ0v) is 19.8. The van der Waals surface area contributed by atoms with E-state index in [0.717, 1.165) is 31.6 Å². The summed E-state index contributed by atoms with van der Waals surface area (Å²) in [6.07, 6.45) is 8.07. The first-order valence-electron chi connectivity index (χ1n) is 12.2. The van der Waals surface area contributed by atoms with E-state index in [9.17, 15) is 10.2 Å². The molecular formula is C23H39N5O2S. The van der Waals surface area contributed by atoms with Gasteiger partial charge < -0.3 is 20.4 Å². The Morgan fingerprint density at radius 2 is 2.00 bits per heavy atom. The number of amidine groups is 1. The Balaban J connectivity index is 1.29. The van der Waals surface area contributed by atoms with Crippen LogP contribution in [0.1, 0.15) is 51.4 Å². The number of hydrogen-bond donors (Lipinski definition) is 4. The smallest absolute Gasteiger partial charge is 0.128 e. The van der Waals surface area contributed by atoms with Gasteiger partial charge in [0.15, 0.2) is 0 Å². The summed E-state index contributed by atoms with van der Waals surface area (Å²) in [5.41, 5.74) is 2.93. The van der Waals surface area contributed by atoms with Gasteiger partial charge in [0.1, 0.15) is 12.1 Å². The second kappa shape index (κ2) is 9.31. The van der Waals surface area contributed by atoms with Crippen LogP contribution in [0.15, 0.2) is 16.1 Å². The number of aliphatic hydroxyl groups is 2. The highest BCUT2D eigenvalue weighted by Gasteiger charge is 2.45. The fraction of sp³-hybridized carbons (Fsp3) is 0.870. The maximum atomic E-state index is 10.9. The molecule has 5 unspecified atom stereocenters. The highest BCUT2D eigenvalue weighted by molar-refractivity contribution is 8.01. The molecule has 0 aromatic rings. The summed E-state index contributed by atoms with van der Waals surface area (Å²) in [5.74, 6) is 1.54. The van der Waals surface area contributed by atoms with Crippen molar-refractivity contribution < 1.29 is 10.2 Å². The van der Waals surface area contributed by atoms with E-state index in [-0.39, 0.29) is 6.10 Å². The number of aliphatic imine (C=N–C) groups is 1. The van der Waals surface area contributed by atoms with Gasteiger partial charge in [-0.05, 0) is 77.0 Å². The summed E-state index contributed by atoms with van der Waals surface area (Å²) in [5, 5.41) is 29.1. The second-order valence-corrected chi connectivity index (χ2v) is 11.6. The molecule has 0 aromatic heterocycles. The van der Waals surface area contributed by atoms with Gasteiger partial charge in [-0.2, -0.15) is 0 Å². The first-order valence-corrected chi connectivity index (χ1v) is 13.1. The lowest BCUT2D eigenvalue weighted by Gasteiger charge is -2.35. The van der Waals surface area contributed by atoms with Crippen LogP contribution in [0.3, 0.4) is 0 Å². The molecule has 31 heavy (non-hydrogen) atoms. The highest BCUT2D eigenvalue weighted by Crippen LogP contribution is 2.51. The molecule has 7 nitrogen and oxygen atoms in total. The highest BCUT2D eigenvalue weighted by atomic mass is 32.2. The number of rotatable bonds is 5. The topological polar surface area (TPSA) is 83.4 Å². The van der Waals surface area contributed by atoms with E-state index in [4.69, 9.17) is 4.99 Å². The maximum absolute atomic E-state index is 10.9. The van der Waals surface area contributed by atoms with Gasteiger partial charge in [-0.25, -0.2) is 0 Å². The van der Waals surface area contributed by atoms with E-state index in [0.29, 0.717) is 41.8 Å². The molecule has 0 radical (unpaired) electrons. The Labute approximate surface area is 190 Å². The minimum absolute atomic E-state index is 0.285. The Morgan fingerprint density at radius 3 is 2.71 bits per heavy atom.